The van der Waals surface area contributed by atoms with Crippen LogP contribution < -0.4 is 10.1 Å². The van der Waals surface area contributed by atoms with Crippen LogP contribution in [-0.4, -0.2) is 12.6 Å². The van der Waals surface area contributed by atoms with Gasteiger partial charge in [0.05, 0.1) is 0 Å². The predicted octanol–water partition coefficient (Wildman–Crippen LogP) is 4.41. The molecular weight excluding hydrogens is 373 g/mol. The molecule has 0 unspecified atom stereocenters. The van der Waals surface area contributed by atoms with E-state index in [1.165, 1.54) is 14.7 Å². The molecule has 2 aromatic carbocycles. The Kier molecular flexibility index (Phi) is 6.51. The number of benzene rings is 2. The number of hydrogen-bond donors (Lipinski definition) is 1. The summed E-state index contributed by atoms with van der Waals surface area (Å²) < 4.78 is 7.11. The van der Waals surface area contributed by atoms with Gasteiger partial charge in [0.15, 0.2) is 0 Å². The molecule has 0 radical (unpaired) electrons. The highest BCUT2D eigenvalue weighted by molar-refractivity contribution is 14.1. The molecule has 0 atom stereocenters. The molecule has 112 valence electrons. The van der Waals surface area contributed by atoms with Crippen LogP contribution in [0.25, 0.3) is 0 Å². The smallest absolute Gasteiger partial charge is 0.120 e. The summed E-state index contributed by atoms with van der Waals surface area (Å²) in [6, 6.07) is 17.2. The highest BCUT2D eigenvalue weighted by Crippen LogP contribution is 2.18. The third-order valence-electron chi connectivity index (χ3n) is 3.26. The summed E-state index contributed by atoms with van der Waals surface area (Å²) in [7, 11) is 0. The van der Waals surface area contributed by atoms with E-state index in [0.29, 0.717) is 12.6 Å². The van der Waals surface area contributed by atoms with Gasteiger partial charge in [-0.05, 0) is 64.9 Å². The highest BCUT2D eigenvalue weighted by Gasteiger charge is 2.04. The highest BCUT2D eigenvalue weighted by atomic mass is 127. The molecule has 0 bridgehead atoms. The number of nitrogens with one attached hydrogen (secondary N) is 1. The van der Waals surface area contributed by atoms with E-state index < -0.39 is 0 Å². The van der Waals surface area contributed by atoms with Crippen molar-refractivity contribution in [2.75, 3.05) is 6.54 Å². The zero-order chi connectivity index (χ0) is 15.1. The molecule has 21 heavy (non-hydrogen) atoms. The van der Waals surface area contributed by atoms with E-state index in [-0.39, 0.29) is 0 Å². The van der Waals surface area contributed by atoms with E-state index in [9.17, 15) is 0 Å². The van der Waals surface area contributed by atoms with Crippen LogP contribution in [0.4, 0.5) is 0 Å². The molecule has 0 aliphatic carbocycles. The van der Waals surface area contributed by atoms with Crippen molar-refractivity contribution in [3.63, 3.8) is 0 Å². The fraction of sp³-hybridized carbons (Fsp3) is 0.333. The van der Waals surface area contributed by atoms with Crippen LogP contribution in [0.1, 0.15) is 25.0 Å². The van der Waals surface area contributed by atoms with Gasteiger partial charge >= 0.3 is 0 Å². The molecule has 0 aliphatic heterocycles. The van der Waals surface area contributed by atoms with Crippen LogP contribution in [-0.2, 0) is 13.0 Å². The largest absolute Gasteiger partial charge is 0.489 e. The van der Waals surface area contributed by atoms with Crippen LogP contribution >= 0.6 is 22.6 Å². The van der Waals surface area contributed by atoms with Crippen LogP contribution in [0, 0.1) is 3.57 Å². The second-order valence-electron chi connectivity index (χ2n) is 5.37. The molecule has 0 spiro atoms. The van der Waals surface area contributed by atoms with Gasteiger partial charge in [0.25, 0.3) is 0 Å². The third-order valence-corrected chi connectivity index (χ3v) is 3.93. The predicted molar refractivity (Wildman–Crippen MR) is 96.8 cm³/mol. The van der Waals surface area contributed by atoms with Crippen molar-refractivity contribution < 1.29 is 4.74 Å². The molecule has 1 N–H and O–H groups in total. The average Bonchev–Trinajstić information content (AvgIpc) is 2.46. The minimum absolute atomic E-state index is 0.528. The summed E-state index contributed by atoms with van der Waals surface area (Å²) in [5, 5.41) is 3.46. The van der Waals surface area contributed by atoms with E-state index >= 15 is 0 Å². The first-order valence-corrected chi connectivity index (χ1v) is 8.41. The quantitative estimate of drug-likeness (QED) is 0.702. The molecule has 0 fully saturated rings. The van der Waals surface area contributed by atoms with E-state index in [4.69, 9.17) is 4.74 Å². The van der Waals surface area contributed by atoms with Crippen LogP contribution in [0.5, 0.6) is 5.75 Å². The molecule has 3 heteroatoms. The maximum absolute atomic E-state index is 5.92. The molecule has 2 nitrogen and oxygen atoms in total. The summed E-state index contributed by atoms with van der Waals surface area (Å²) in [5.41, 5.74) is 2.62. The lowest BCUT2D eigenvalue weighted by Gasteiger charge is -2.13. The Hall–Kier alpha value is -1.07. The number of hydrogen-bond acceptors (Lipinski definition) is 2. The lowest BCUT2D eigenvalue weighted by molar-refractivity contribution is 0.304. The standard InChI is InChI=1S/C18H22INO/c1-14(2)20-11-10-15-6-3-4-7-16(15)13-21-18-9-5-8-17(19)12-18/h3-9,12,14,20H,10-11,13H2,1-2H3. The molecule has 0 heterocycles. The first kappa shape index (κ1) is 16.3. The summed E-state index contributed by atoms with van der Waals surface area (Å²) in [6.07, 6.45) is 1.03. The van der Waals surface area contributed by atoms with Crippen molar-refractivity contribution in [3.8, 4) is 5.75 Å². The lowest BCUT2D eigenvalue weighted by atomic mass is 10.1. The van der Waals surface area contributed by atoms with Gasteiger partial charge < -0.3 is 10.1 Å². The number of rotatable bonds is 7. The monoisotopic (exact) mass is 395 g/mol. The van der Waals surface area contributed by atoms with Crippen molar-refractivity contribution in [2.24, 2.45) is 0 Å². The van der Waals surface area contributed by atoms with E-state index in [1.807, 2.05) is 12.1 Å². The van der Waals surface area contributed by atoms with Crippen LogP contribution in [0.3, 0.4) is 0 Å². The van der Waals surface area contributed by atoms with Gasteiger partial charge in [-0.3, -0.25) is 0 Å². The van der Waals surface area contributed by atoms with Crippen LogP contribution in [0.15, 0.2) is 48.5 Å². The molecule has 0 amide bonds. The SMILES string of the molecule is CC(C)NCCc1ccccc1COc1cccc(I)c1. The second-order valence-corrected chi connectivity index (χ2v) is 6.62. The third kappa shape index (κ3) is 5.67. The molecule has 2 aromatic rings. The minimum atomic E-state index is 0.528. The van der Waals surface area contributed by atoms with Crippen LogP contribution in [0.2, 0.25) is 0 Å². The van der Waals surface area contributed by atoms with Crippen molar-refractivity contribution in [3.05, 3.63) is 63.2 Å². The summed E-state index contributed by atoms with van der Waals surface area (Å²) in [6.45, 7) is 5.97. The Bertz CT molecular complexity index is 569. The van der Waals surface area contributed by atoms with Gasteiger partial charge in [0.2, 0.25) is 0 Å². The Morgan fingerprint density at radius 1 is 1.05 bits per heavy atom. The van der Waals surface area contributed by atoms with Crippen molar-refractivity contribution in [1.29, 1.82) is 0 Å². The van der Waals surface area contributed by atoms with E-state index in [1.54, 1.807) is 0 Å². The molecule has 0 aromatic heterocycles. The zero-order valence-electron chi connectivity index (χ0n) is 12.6. The number of ether oxygens (including phenoxy) is 1. The van der Waals surface area contributed by atoms with E-state index in [2.05, 4.69) is 78.2 Å². The minimum Gasteiger partial charge on any atom is -0.489 e. The van der Waals surface area contributed by atoms with E-state index in [0.717, 1.165) is 18.7 Å². The summed E-state index contributed by atoms with van der Waals surface area (Å²) in [4.78, 5) is 0. The molecule has 0 aliphatic rings. The second kappa shape index (κ2) is 8.39. The van der Waals surface area contributed by atoms with Gasteiger partial charge in [-0.2, -0.15) is 0 Å². The maximum atomic E-state index is 5.92. The van der Waals surface area contributed by atoms with Crippen molar-refractivity contribution >= 4 is 22.6 Å². The molecule has 0 saturated heterocycles. The van der Waals surface area contributed by atoms with Crippen molar-refractivity contribution in [2.45, 2.75) is 32.9 Å². The Balaban J connectivity index is 1.96. The normalized spacial score (nSPS) is 10.9. The van der Waals surface area contributed by atoms with Crippen molar-refractivity contribution in [1.82, 2.24) is 5.32 Å². The van der Waals surface area contributed by atoms with Gasteiger partial charge in [-0.1, -0.05) is 44.2 Å². The first-order valence-electron chi connectivity index (χ1n) is 7.33. The van der Waals surface area contributed by atoms with Gasteiger partial charge in [-0.15, -0.1) is 0 Å². The number of halogens is 1. The van der Waals surface area contributed by atoms with Gasteiger partial charge in [0, 0.05) is 9.61 Å². The molecule has 0 saturated carbocycles. The Morgan fingerprint density at radius 2 is 1.81 bits per heavy atom. The molecule has 2 rings (SSSR count). The Morgan fingerprint density at radius 3 is 2.52 bits per heavy atom. The van der Waals surface area contributed by atoms with Gasteiger partial charge in [-0.25, -0.2) is 0 Å². The first-order chi connectivity index (χ1) is 10.1. The Labute approximate surface area is 141 Å². The lowest BCUT2D eigenvalue weighted by Crippen LogP contribution is -2.25. The topological polar surface area (TPSA) is 21.3 Å². The fourth-order valence-electron chi connectivity index (χ4n) is 2.16. The zero-order valence-corrected chi connectivity index (χ0v) is 14.8. The maximum Gasteiger partial charge on any atom is 0.120 e. The average molecular weight is 395 g/mol. The summed E-state index contributed by atoms with van der Waals surface area (Å²) in [5.74, 6) is 0.928. The fourth-order valence-corrected chi connectivity index (χ4v) is 2.67. The molecular formula is C18H22INO. The summed E-state index contributed by atoms with van der Waals surface area (Å²) >= 11 is 2.30. The van der Waals surface area contributed by atoms with Gasteiger partial charge in [0.1, 0.15) is 12.4 Å².